The molecule has 0 heterocycles. The van der Waals surface area contributed by atoms with Crippen LogP contribution < -0.4 is 15.4 Å². The Labute approximate surface area is 198 Å². The molecule has 1 atom stereocenters. The van der Waals surface area contributed by atoms with Gasteiger partial charge in [-0.05, 0) is 25.0 Å². The minimum absolute atomic E-state index is 0.0590. The number of aliphatic hydroxyl groups is 1. The Hall–Kier alpha value is -2.57. The zero-order valence-electron chi connectivity index (χ0n) is 18.0. The molecule has 0 aliphatic heterocycles. The highest BCUT2D eigenvalue weighted by molar-refractivity contribution is 6.30. The Balaban J connectivity index is 1.59. The number of alkyl halides is 3. The molecule has 1 aromatic rings. The Morgan fingerprint density at radius 3 is 2.53 bits per heavy atom. The van der Waals surface area contributed by atoms with Crippen LogP contribution in [0.25, 0.3) is 0 Å². The predicted octanol–water partition coefficient (Wildman–Crippen LogP) is 3.39. The fourth-order valence-corrected chi connectivity index (χ4v) is 3.11. The summed E-state index contributed by atoms with van der Waals surface area (Å²) < 4.78 is 63.8. The first kappa shape index (κ1) is 27.7. The SMILES string of the molecule is C=C(O)C(CCCNC(=O)COC1CC(OC(F)(F)F)C1)NC(=O)COc1ccc(Cl)c(F)c1. The van der Waals surface area contributed by atoms with Gasteiger partial charge >= 0.3 is 6.36 Å². The number of carbonyl (C=O) groups is 2. The van der Waals surface area contributed by atoms with Gasteiger partial charge in [0.05, 0.1) is 23.3 Å². The number of rotatable bonds is 13. The van der Waals surface area contributed by atoms with E-state index in [1.165, 1.54) is 12.1 Å². The van der Waals surface area contributed by atoms with E-state index in [-0.39, 0.29) is 48.9 Å². The van der Waals surface area contributed by atoms with Gasteiger partial charge in [-0.3, -0.25) is 14.3 Å². The predicted molar refractivity (Wildman–Crippen MR) is 113 cm³/mol. The lowest BCUT2D eigenvalue weighted by molar-refractivity contribution is -0.357. The van der Waals surface area contributed by atoms with Crippen LogP contribution in [0.2, 0.25) is 5.02 Å². The van der Waals surface area contributed by atoms with E-state index < -0.39 is 48.9 Å². The van der Waals surface area contributed by atoms with Crippen molar-refractivity contribution in [1.29, 1.82) is 0 Å². The van der Waals surface area contributed by atoms with E-state index in [1.807, 2.05) is 0 Å². The molecule has 1 aliphatic carbocycles. The molecule has 2 rings (SSSR count). The van der Waals surface area contributed by atoms with Gasteiger partial charge in [0, 0.05) is 25.5 Å². The van der Waals surface area contributed by atoms with Crippen molar-refractivity contribution in [3.63, 3.8) is 0 Å². The molecule has 1 fully saturated rings. The molecule has 8 nitrogen and oxygen atoms in total. The van der Waals surface area contributed by atoms with Crippen molar-refractivity contribution < 1.29 is 46.5 Å². The molecule has 0 radical (unpaired) electrons. The van der Waals surface area contributed by atoms with Crippen molar-refractivity contribution in [2.75, 3.05) is 19.8 Å². The number of aliphatic hydroxyl groups excluding tert-OH is 1. The second-order valence-electron chi connectivity index (χ2n) is 7.56. The second-order valence-corrected chi connectivity index (χ2v) is 7.97. The second kappa shape index (κ2) is 12.8. The largest absolute Gasteiger partial charge is 0.522 e. The maximum absolute atomic E-state index is 13.4. The Bertz CT molecular complexity index is 864. The van der Waals surface area contributed by atoms with Gasteiger partial charge in [-0.25, -0.2) is 4.39 Å². The maximum Gasteiger partial charge on any atom is 0.522 e. The molecule has 0 saturated heterocycles. The molecule has 1 saturated carbocycles. The number of hydrogen-bond donors (Lipinski definition) is 3. The molecular weight excluding hydrogens is 488 g/mol. The minimum atomic E-state index is -4.69. The molecule has 3 N–H and O–H groups in total. The number of amides is 2. The number of carbonyl (C=O) groups excluding carboxylic acids is 2. The lowest BCUT2D eigenvalue weighted by atomic mass is 9.92. The fraction of sp³-hybridized carbons (Fsp3) is 0.524. The van der Waals surface area contributed by atoms with Gasteiger partial charge in [-0.1, -0.05) is 18.2 Å². The average Bonchev–Trinajstić information content (AvgIpc) is 2.71. The smallest absolute Gasteiger partial charge is 0.511 e. The van der Waals surface area contributed by atoms with E-state index in [4.69, 9.17) is 21.1 Å². The minimum Gasteiger partial charge on any atom is -0.511 e. The first-order chi connectivity index (χ1) is 15.9. The molecule has 1 aliphatic rings. The molecule has 0 aromatic heterocycles. The monoisotopic (exact) mass is 512 g/mol. The van der Waals surface area contributed by atoms with Crippen LogP contribution in [0, 0.1) is 5.82 Å². The van der Waals surface area contributed by atoms with Gasteiger partial charge < -0.3 is 25.2 Å². The highest BCUT2D eigenvalue weighted by atomic mass is 35.5. The third kappa shape index (κ3) is 10.1. The quantitative estimate of drug-likeness (QED) is 0.212. The van der Waals surface area contributed by atoms with Crippen molar-refractivity contribution >= 4 is 23.4 Å². The first-order valence-corrected chi connectivity index (χ1v) is 10.7. The van der Waals surface area contributed by atoms with Gasteiger partial charge in [0.25, 0.3) is 5.91 Å². The molecule has 34 heavy (non-hydrogen) atoms. The highest BCUT2D eigenvalue weighted by Crippen LogP contribution is 2.32. The molecular formula is C21H25ClF4N2O6. The Morgan fingerprint density at radius 1 is 1.21 bits per heavy atom. The van der Waals surface area contributed by atoms with Gasteiger partial charge in [-0.2, -0.15) is 0 Å². The Kier molecular flexibility index (Phi) is 10.4. The summed E-state index contributed by atoms with van der Waals surface area (Å²) in [5, 5.41) is 14.7. The summed E-state index contributed by atoms with van der Waals surface area (Å²) in [4.78, 5) is 23.8. The van der Waals surface area contributed by atoms with Crippen molar-refractivity contribution in [1.82, 2.24) is 10.6 Å². The van der Waals surface area contributed by atoms with Crippen LogP contribution in [-0.2, 0) is 19.1 Å². The zero-order chi connectivity index (χ0) is 25.3. The topological polar surface area (TPSA) is 106 Å². The molecule has 0 spiro atoms. The van der Waals surface area contributed by atoms with Crippen molar-refractivity contribution in [3.05, 3.63) is 41.4 Å². The lowest BCUT2D eigenvalue weighted by Gasteiger charge is -2.34. The third-order valence-electron chi connectivity index (χ3n) is 4.79. The molecule has 13 heteroatoms. The van der Waals surface area contributed by atoms with Crippen LogP contribution in [-0.4, -0.2) is 61.3 Å². The van der Waals surface area contributed by atoms with E-state index >= 15 is 0 Å². The molecule has 0 bridgehead atoms. The summed E-state index contributed by atoms with van der Waals surface area (Å²) >= 11 is 5.57. The van der Waals surface area contributed by atoms with Crippen LogP contribution in [0.4, 0.5) is 17.6 Å². The number of ether oxygens (including phenoxy) is 3. The Morgan fingerprint density at radius 2 is 1.91 bits per heavy atom. The van der Waals surface area contributed by atoms with Crippen LogP contribution in [0.5, 0.6) is 5.75 Å². The summed E-state index contributed by atoms with van der Waals surface area (Å²) in [7, 11) is 0. The summed E-state index contributed by atoms with van der Waals surface area (Å²) in [6.45, 7) is 2.86. The normalized spacial score (nSPS) is 18.5. The molecule has 2 amide bonds. The number of hydrogen-bond acceptors (Lipinski definition) is 6. The summed E-state index contributed by atoms with van der Waals surface area (Å²) in [5.41, 5.74) is 0. The van der Waals surface area contributed by atoms with Crippen molar-refractivity contribution in [2.24, 2.45) is 0 Å². The maximum atomic E-state index is 13.4. The fourth-order valence-electron chi connectivity index (χ4n) is 2.99. The van der Waals surface area contributed by atoms with Gasteiger partial charge in [0.15, 0.2) is 6.61 Å². The summed E-state index contributed by atoms with van der Waals surface area (Å²) in [6, 6.07) is 2.91. The van der Waals surface area contributed by atoms with E-state index in [2.05, 4.69) is 21.9 Å². The standard InChI is InChI=1S/C21H25ClF4N2O6/c1-12(29)18(28-20(31)11-32-13-4-5-16(22)17(23)9-13)3-2-6-27-19(30)10-33-14-7-15(8-14)34-21(24,25)26/h4-5,9,14-15,18,29H,1-3,6-8,10-11H2,(H,27,30)(H,28,31). The van der Waals surface area contributed by atoms with E-state index in [0.29, 0.717) is 6.42 Å². The van der Waals surface area contributed by atoms with E-state index in [1.54, 1.807) is 0 Å². The molecule has 190 valence electrons. The molecule has 1 unspecified atom stereocenters. The van der Waals surface area contributed by atoms with Crippen LogP contribution in [0.15, 0.2) is 30.5 Å². The van der Waals surface area contributed by atoms with Crippen molar-refractivity contribution in [3.8, 4) is 5.75 Å². The average molecular weight is 513 g/mol. The molecule has 1 aromatic carbocycles. The van der Waals surface area contributed by atoms with Crippen LogP contribution in [0.1, 0.15) is 25.7 Å². The van der Waals surface area contributed by atoms with Gasteiger partial charge in [0.2, 0.25) is 5.91 Å². The third-order valence-corrected chi connectivity index (χ3v) is 5.10. The lowest BCUT2D eigenvalue weighted by Crippen LogP contribution is -2.42. The summed E-state index contributed by atoms with van der Waals surface area (Å²) in [6.07, 6.45) is -5.38. The highest BCUT2D eigenvalue weighted by Gasteiger charge is 2.40. The number of nitrogens with one attached hydrogen (secondary N) is 2. The van der Waals surface area contributed by atoms with E-state index in [0.717, 1.165) is 6.07 Å². The van der Waals surface area contributed by atoms with Gasteiger partial charge in [-0.15, -0.1) is 13.2 Å². The zero-order valence-corrected chi connectivity index (χ0v) is 18.8. The number of halogens is 5. The van der Waals surface area contributed by atoms with Gasteiger partial charge in [0.1, 0.15) is 23.9 Å². The summed E-state index contributed by atoms with van der Waals surface area (Å²) in [5.74, 6) is -1.91. The van der Waals surface area contributed by atoms with Crippen molar-refractivity contribution in [2.45, 2.75) is 50.3 Å². The first-order valence-electron chi connectivity index (χ1n) is 10.3. The van der Waals surface area contributed by atoms with Crippen LogP contribution in [0.3, 0.4) is 0 Å². The van der Waals surface area contributed by atoms with E-state index in [9.17, 15) is 32.3 Å². The van der Waals surface area contributed by atoms with Crippen LogP contribution >= 0.6 is 11.6 Å². The number of benzene rings is 1.